The van der Waals surface area contributed by atoms with Crippen LogP contribution in [0, 0.1) is 5.92 Å². The molecule has 0 unspecified atom stereocenters. The molecule has 150 valence electrons. The normalized spacial score (nSPS) is 11.6. The summed E-state index contributed by atoms with van der Waals surface area (Å²) in [5, 5.41) is 5.07. The van der Waals surface area contributed by atoms with E-state index in [9.17, 15) is 19.2 Å². The monoisotopic (exact) mass is 382 g/mol. The second-order valence-corrected chi connectivity index (χ2v) is 6.04. The first-order chi connectivity index (χ1) is 12.8. The highest BCUT2D eigenvalue weighted by Crippen LogP contribution is 2.07. The summed E-state index contributed by atoms with van der Waals surface area (Å²) in [5.74, 6) is -2.25. The first-order valence-electron chi connectivity index (χ1n) is 8.78. The molecule has 2 amide bonds. The van der Waals surface area contributed by atoms with Gasteiger partial charge in [0.2, 0.25) is 0 Å². The fraction of sp³-hybridized carbons (Fsp3) is 0.556. The van der Waals surface area contributed by atoms with Crippen LogP contribution in [-0.4, -0.2) is 49.6 Å². The molecule has 1 heterocycles. The minimum atomic E-state index is -0.917. The molecule has 0 saturated carbocycles. The number of nitrogens with one attached hydrogen (secondary N) is 2. The van der Waals surface area contributed by atoms with Gasteiger partial charge in [0.1, 0.15) is 6.04 Å². The Balaban J connectivity index is 2.35. The second kappa shape index (κ2) is 11.7. The van der Waals surface area contributed by atoms with E-state index >= 15 is 0 Å². The predicted octanol–water partition coefficient (Wildman–Crippen LogP) is 1.04. The van der Waals surface area contributed by atoms with Gasteiger partial charge in [0.25, 0.3) is 11.8 Å². The number of carbonyl (C=O) groups is 4. The van der Waals surface area contributed by atoms with Crippen molar-refractivity contribution < 1.29 is 33.1 Å². The number of rotatable bonds is 11. The Kier molecular flexibility index (Phi) is 9.63. The van der Waals surface area contributed by atoms with E-state index in [1.807, 2.05) is 0 Å². The van der Waals surface area contributed by atoms with Crippen molar-refractivity contribution in [3.63, 3.8) is 0 Å². The van der Waals surface area contributed by atoms with Gasteiger partial charge in [0, 0.05) is 13.0 Å². The molecule has 0 aliphatic carbocycles. The molecule has 0 aromatic carbocycles. The molecule has 27 heavy (non-hydrogen) atoms. The van der Waals surface area contributed by atoms with E-state index in [0.717, 1.165) is 0 Å². The molecule has 9 heteroatoms. The van der Waals surface area contributed by atoms with Gasteiger partial charge >= 0.3 is 11.9 Å². The number of hydrogen-bond donors (Lipinski definition) is 2. The SMILES string of the molecule is CCOC(=O)CCCNC(=O)COC(=O)[C@@H](NC(=O)c1ccco1)C(C)C. The highest BCUT2D eigenvalue weighted by atomic mass is 16.5. The van der Waals surface area contributed by atoms with Crippen molar-refractivity contribution >= 4 is 23.8 Å². The van der Waals surface area contributed by atoms with Crippen LogP contribution in [0.25, 0.3) is 0 Å². The average Bonchev–Trinajstić information content (AvgIpc) is 3.16. The van der Waals surface area contributed by atoms with Gasteiger partial charge in [0.15, 0.2) is 12.4 Å². The van der Waals surface area contributed by atoms with Crippen LogP contribution in [0.2, 0.25) is 0 Å². The Hall–Kier alpha value is -2.84. The van der Waals surface area contributed by atoms with Crippen molar-refractivity contribution in [2.75, 3.05) is 19.8 Å². The van der Waals surface area contributed by atoms with Crippen molar-refractivity contribution in [1.82, 2.24) is 10.6 Å². The Morgan fingerprint density at radius 1 is 1.19 bits per heavy atom. The van der Waals surface area contributed by atoms with Crippen molar-refractivity contribution in [1.29, 1.82) is 0 Å². The zero-order valence-electron chi connectivity index (χ0n) is 15.8. The first-order valence-corrected chi connectivity index (χ1v) is 8.78. The molecule has 2 N–H and O–H groups in total. The summed E-state index contributed by atoms with van der Waals surface area (Å²) in [6.45, 7) is 5.30. The lowest BCUT2D eigenvalue weighted by Gasteiger charge is -2.20. The summed E-state index contributed by atoms with van der Waals surface area (Å²) >= 11 is 0. The van der Waals surface area contributed by atoms with Crippen molar-refractivity contribution in [3.8, 4) is 0 Å². The van der Waals surface area contributed by atoms with Crippen molar-refractivity contribution in [3.05, 3.63) is 24.2 Å². The third-order valence-corrected chi connectivity index (χ3v) is 3.48. The lowest BCUT2D eigenvalue weighted by atomic mass is 10.0. The zero-order chi connectivity index (χ0) is 20.2. The molecule has 0 fully saturated rings. The van der Waals surface area contributed by atoms with Gasteiger partial charge in [-0.3, -0.25) is 14.4 Å². The van der Waals surface area contributed by atoms with Crippen LogP contribution in [0.1, 0.15) is 44.2 Å². The van der Waals surface area contributed by atoms with Gasteiger partial charge in [-0.15, -0.1) is 0 Å². The fourth-order valence-corrected chi connectivity index (χ4v) is 2.09. The van der Waals surface area contributed by atoms with Crippen LogP contribution in [-0.2, 0) is 23.9 Å². The standard InChI is InChI=1S/C18H26N2O7/c1-4-25-15(22)8-5-9-19-14(21)11-27-18(24)16(12(2)3)20-17(23)13-7-6-10-26-13/h6-7,10,12,16H,4-5,8-9,11H2,1-3H3,(H,19,21)(H,20,23)/t16-/m0/s1. The smallest absolute Gasteiger partial charge is 0.329 e. The van der Waals surface area contributed by atoms with Crippen LogP contribution in [0.15, 0.2) is 22.8 Å². The maximum atomic E-state index is 12.2. The fourth-order valence-electron chi connectivity index (χ4n) is 2.09. The molecule has 1 aromatic heterocycles. The van der Waals surface area contributed by atoms with Gasteiger partial charge in [-0.2, -0.15) is 0 Å². The lowest BCUT2D eigenvalue weighted by molar-refractivity contribution is -0.151. The molecule has 0 spiro atoms. The molecular weight excluding hydrogens is 356 g/mol. The third kappa shape index (κ3) is 8.39. The number of esters is 2. The highest BCUT2D eigenvalue weighted by Gasteiger charge is 2.27. The molecule has 0 radical (unpaired) electrons. The number of amides is 2. The molecular formula is C18H26N2O7. The van der Waals surface area contributed by atoms with E-state index < -0.39 is 30.4 Å². The summed E-state index contributed by atoms with van der Waals surface area (Å²) in [6.07, 6.45) is 1.97. The Bertz CT molecular complexity index is 626. The second-order valence-electron chi connectivity index (χ2n) is 6.04. The van der Waals surface area contributed by atoms with Gasteiger partial charge in [-0.25, -0.2) is 4.79 Å². The minimum Gasteiger partial charge on any atom is -0.466 e. The number of furan rings is 1. The Morgan fingerprint density at radius 2 is 1.93 bits per heavy atom. The summed E-state index contributed by atoms with van der Waals surface area (Å²) < 4.78 is 14.7. The Labute approximate surface area is 157 Å². The van der Waals surface area contributed by atoms with Gasteiger partial charge < -0.3 is 24.5 Å². The molecule has 0 aliphatic heterocycles. The Morgan fingerprint density at radius 3 is 2.52 bits per heavy atom. The van der Waals surface area contributed by atoms with E-state index in [0.29, 0.717) is 13.0 Å². The molecule has 1 aromatic rings. The van der Waals surface area contributed by atoms with Crippen LogP contribution < -0.4 is 10.6 Å². The summed E-state index contributed by atoms with van der Waals surface area (Å²) in [6, 6.07) is 2.12. The van der Waals surface area contributed by atoms with Crippen LogP contribution in [0.3, 0.4) is 0 Å². The molecule has 0 bridgehead atoms. The van der Waals surface area contributed by atoms with E-state index in [4.69, 9.17) is 13.9 Å². The van der Waals surface area contributed by atoms with E-state index in [1.165, 1.54) is 12.3 Å². The van der Waals surface area contributed by atoms with Crippen LogP contribution in [0.5, 0.6) is 0 Å². The highest BCUT2D eigenvalue weighted by molar-refractivity contribution is 5.94. The molecule has 0 saturated heterocycles. The topological polar surface area (TPSA) is 124 Å². The maximum absolute atomic E-state index is 12.2. The average molecular weight is 382 g/mol. The summed E-state index contributed by atoms with van der Waals surface area (Å²) in [4.78, 5) is 47.1. The molecule has 1 atom stereocenters. The zero-order valence-corrected chi connectivity index (χ0v) is 15.8. The molecule has 0 aliphatic rings. The van der Waals surface area contributed by atoms with Gasteiger partial charge in [-0.1, -0.05) is 13.8 Å². The van der Waals surface area contributed by atoms with Crippen molar-refractivity contribution in [2.24, 2.45) is 5.92 Å². The van der Waals surface area contributed by atoms with E-state index in [2.05, 4.69) is 10.6 Å². The quantitative estimate of drug-likeness (QED) is 0.433. The number of hydrogen-bond acceptors (Lipinski definition) is 7. The third-order valence-electron chi connectivity index (χ3n) is 3.48. The predicted molar refractivity (Wildman–Crippen MR) is 94.6 cm³/mol. The van der Waals surface area contributed by atoms with Gasteiger partial charge in [-0.05, 0) is 31.4 Å². The minimum absolute atomic E-state index is 0.0767. The van der Waals surface area contributed by atoms with Crippen LogP contribution in [0.4, 0.5) is 0 Å². The maximum Gasteiger partial charge on any atom is 0.329 e. The van der Waals surface area contributed by atoms with Crippen LogP contribution >= 0.6 is 0 Å². The largest absolute Gasteiger partial charge is 0.466 e. The van der Waals surface area contributed by atoms with E-state index in [1.54, 1.807) is 26.8 Å². The lowest BCUT2D eigenvalue weighted by Crippen LogP contribution is -2.46. The summed E-state index contributed by atoms with van der Waals surface area (Å²) in [5.41, 5.74) is 0. The number of ether oxygens (including phenoxy) is 2. The first kappa shape index (κ1) is 22.2. The molecule has 1 rings (SSSR count). The van der Waals surface area contributed by atoms with Crippen molar-refractivity contribution in [2.45, 2.75) is 39.7 Å². The van der Waals surface area contributed by atoms with Gasteiger partial charge in [0.05, 0.1) is 12.9 Å². The number of carbonyl (C=O) groups excluding carboxylic acids is 4. The molecule has 9 nitrogen and oxygen atoms in total. The summed E-state index contributed by atoms with van der Waals surface area (Å²) in [7, 11) is 0. The van der Waals surface area contributed by atoms with E-state index in [-0.39, 0.29) is 30.6 Å².